The van der Waals surface area contributed by atoms with Crippen LogP contribution in [-0.4, -0.2) is 45.4 Å². The van der Waals surface area contributed by atoms with Crippen LogP contribution in [0.3, 0.4) is 0 Å². The molecule has 0 saturated heterocycles. The molecule has 0 unspecified atom stereocenters. The van der Waals surface area contributed by atoms with Gasteiger partial charge in [0.05, 0.1) is 11.4 Å². The molecule has 148 valence electrons. The van der Waals surface area contributed by atoms with Crippen molar-refractivity contribution in [2.24, 2.45) is 4.99 Å². The van der Waals surface area contributed by atoms with Gasteiger partial charge in [-0.2, -0.15) is 0 Å². The Labute approximate surface area is 174 Å². The molecule has 0 heterocycles. The molecule has 8 heteroatoms. The van der Waals surface area contributed by atoms with Gasteiger partial charge in [0.25, 0.3) is 0 Å². The van der Waals surface area contributed by atoms with Crippen LogP contribution in [0, 0.1) is 0 Å². The predicted octanol–water partition coefficient (Wildman–Crippen LogP) is 2.94. The van der Waals surface area contributed by atoms with Crippen LogP contribution in [0.4, 0.5) is 0 Å². The largest absolute Gasteiger partial charge is 0.357 e. The number of rotatable bonds is 6. The van der Waals surface area contributed by atoms with Crippen molar-refractivity contribution in [2.45, 2.75) is 56.5 Å². The monoisotopic (exact) mass is 494 g/mol. The molecule has 1 aliphatic carbocycles. The topological polar surface area (TPSA) is 73.8 Å². The van der Waals surface area contributed by atoms with Crippen molar-refractivity contribution in [3.05, 3.63) is 29.8 Å². The third-order valence-corrected chi connectivity index (χ3v) is 6.24. The van der Waals surface area contributed by atoms with E-state index in [0.717, 1.165) is 18.1 Å². The van der Waals surface area contributed by atoms with Gasteiger partial charge >= 0.3 is 0 Å². The Morgan fingerprint density at radius 1 is 1.15 bits per heavy atom. The molecule has 6 nitrogen and oxygen atoms in total. The van der Waals surface area contributed by atoms with Crippen molar-refractivity contribution in [1.29, 1.82) is 0 Å². The van der Waals surface area contributed by atoms with Crippen LogP contribution in [-0.2, 0) is 16.6 Å². The summed E-state index contributed by atoms with van der Waals surface area (Å²) in [5.41, 5.74) is 0.985. The van der Waals surface area contributed by atoms with Gasteiger partial charge in [0.1, 0.15) is 0 Å². The van der Waals surface area contributed by atoms with Crippen LogP contribution >= 0.6 is 24.0 Å². The Bertz CT molecular complexity index is 669. The zero-order valence-corrected chi connectivity index (χ0v) is 19.0. The maximum absolute atomic E-state index is 12.1. The highest BCUT2D eigenvalue weighted by atomic mass is 127. The number of sulfonamides is 1. The van der Waals surface area contributed by atoms with E-state index in [0.29, 0.717) is 17.5 Å². The highest BCUT2D eigenvalue weighted by Gasteiger charge is 2.17. The number of benzene rings is 1. The van der Waals surface area contributed by atoms with Gasteiger partial charge in [0, 0.05) is 26.7 Å². The lowest BCUT2D eigenvalue weighted by Gasteiger charge is -2.24. The van der Waals surface area contributed by atoms with E-state index in [1.165, 1.54) is 50.5 Å². The normalized spacial score (nSPS) is 16.2. The van der Waals surface area contributed by atoms with Crippen LogP contribution in [0.2, 0.25) is 0 Å². The minimum atomic E-state index is -3.38. The second kappa shape index (κ2) is 11.1. The summed E-state index contributed by atoms with van der Waals surface area (Å²) >= 11 is 0. The molecule has 0 radical (unpaired) electrons. The molecule has 0 bridgehead atoms. The average Bonchev–Trinajstić information content (AvgIpc) is 2.61. The van der Waals surface area contributed by atoms with Gasteiger partial charge in [-0.05, 0) is 37.5 Å². The molecule has 1 fully saturated rings. The molecule has 2 N–H and O–H groups in total. The molecular formula is C18H31IN4O2S. The Morgan fingerprint density at radius 2 is 1.77 bits per heavy atom. The molecule has 0 atom stereocenters. The Morgan fingerprint density at radius 3 is 2.31 bits per heavy atom. The van der Waals surface area contributed by atoms with Gasteiger partial charge in [0.15, 0.2) is 5.96 Å². The third-order valence-electron chi connectivity index (χ3n) is 4.41. The van der Waals surface area contributed by atoms with Crippen molar-refractivity contribution in [3.63, 3.8) is 0 Å². The fraction of sp³-hybridized carbons (Fsp3) is 0.611. The van der Waals surface area contributed by atoms with Gasteiger partial charge in [-0.25, -0.2) is 17.7 Å². The van der Waals surface area contributed by atoms with Crippen molar-refractivity contribution >= 4 is 40.0 Å². The number of nitrogens with zero attached hydrogens (tertiary/aromatic N) is 2. The first-order valence-electron chi connectivity index (χ1n) is 9.00. The Balaban J connectivity index is 0.00000338. The fourth-order valence-electron chi connectivity index (χ4n) is 2.91. The summed E-state index contributed by atoms with van der Waals surface area (Å²) in [7, 11) is -0.310. The first-order chi connectivity index (χ1) is 11.9. The first kappa shape index (κ1) is 23.2. The summed E-state index contributed by atoms with van der Waals surface area (Å²) in [5.74, 6) is 0.833. The minimum absolute atomic E-state index is 0. The molecule has 2 rings (SSSR count). The molecule has 1 aromatic carbocycles. The lowest BCUT2D eigenvalue weighted by molar-refractivity contribution is 0.410. The Kier molecular flexibility index (Phi) is 9.88. The molecule has 0 aliphatic heterocycles. The SMILES string of the molecule is CCNC(=NCc1ccc(S(=O)(=O)N(C)C)cc1)NC1CCCCC1.I. The maximum Gasteiger partial charge on any atom is 0.242 e. The lowest BCUT2D eigenvalue weighted by Crippen LogP contribution is -2.44. The van der Waals surface area contributed by atoms with E-state index in [-0.39, 0.29) is 24.0 Å². The van der Waals surface area contributed by atoms with Crippen LogP contribution < -0.4 is 10.6 Å². The molecule has 26 heavy (non-hydrogen) atoms. The molecule has 0 amide bonds. The van der Waals surface area contributed by atoms with Crippen molar-refractivity contribution < 1.29 is 8.42 Å². The standard InChI is InChI=1S/C18H30N4O2S.HI/c1-4-19-18(21-16-8-6-5-7-9-16)20-14-15-10-12-17(13-11-15)25(23,24)22(2)3;/h10-13,16H,4-9,14H2,1-3H3,(H2,19,20,21);1H. The number of halogens is 1. The van der Waals surface area contributed by atoms with Crippen molar-refractivity contribution in [1.82, 2.24) is 14.9 Å². The fourth-order valence-corrected chi connectivity index (χ4v) is 3.81. The summed E-state index contributed by atoms with van der Waals surface area (Å²) in [6.45, 7) is 3.39. The summed E-state index contributed by atoms with van der Waals surface area (Å²) in [6.07, 6.45) is 6.27. The highest BCUT2D eigenvalue weighted by Crippen LogP contribution is 2.17. The molecular weight excluding hydrogens is 463 g/mol. The second-order valence-corrected chi connectivity index (χ2v) is 8.76. The summed E-state index contributed by atoms with van der Waals surface area (Å²) in [5, 5.41) is 6.80. The van der Waals surface area contributed by atoms with E-state index in [1.807, 2.05) is 12.1 Å². The van der Waals surface area contributed by atoms with Gasteiger partial charge in [-0.3, -0.25) is 0 Å². The van der Waals surface area contributed by atoms with E-state index < -0.39 is 10.0 Å². The first-order valence-corrected chi connectivity index (χ1v) is 10.4. The molecule has 0 spiro atoms. The minimum Gasteiger partial charge on any atom is -0.357 e. The van der Waals surface area contributed by atoms with Gasteiger partial charge in [-0.15, -0.1) is 24.0 Å². The number of aliphatic imine (C=N–C) groups is 1. The summed E-state index contributed by atoms with van der Waals surface area (Å²) < 4.78 is 25.4. The average molecular weight is 494 g/mol. The van der Waals surface area contributed by atoms with Crippen LogP contribution in [0.5, 0.6) is 0 Å². The molecule has 1 aliphatic rings. The van der Waals surface area contributed by atoms with E-state index >= 15 is 0 Å². The van der Waals surface area contributed by atoms with Crippen molar-refractivity contribution in [2.75, 3.05) is 20.6 Å². The highest BCUT2D eigenvalue weighted by molar-refractivity contribution is 14.0. The lowest BCUT2D eigenvalue weighted by atomic mass is 9.96. The van der Waals surface area contributed by atoms with Gasteiger partial charge < -0.3 is 10.6 Å². The number of hydrogen-bond donors (Lipinski definition) is 2. The second-order valence-electron chi connectivity index (χ2n) is 6.61. The zero-order valence-electron chi connectivity index (χ0n) is 15.9. The molecule has 1 saturated carbocycles. The number of guanidine groups is 1. The van der Waals surface area contributed by atoms with E-state index in [1.54, 1.807) is 12.1 Å². The van der Waals surface area contributed by atoms with Crippen LogP contribution in [0.1, 0.15) is 44.6 Å². The smallest absolute Gasteiger partial charge is 0.242 e. The number of nitrogens with one attached hydrogen (secondary N) is 2. The van der Waals surface area contributed by atoms with E-state index in [2.05, 4.69) is 22.5 Å². The zero-order chi connectivity index (χ0) is 18.3. The maximum atomic E-state index is 12.1. The predicted molar refractivity (Wildman–Crippen MR) is 118 cm³/mol. The van der Waals surface area contributed by atoms with Gasteiger partial charge in [0.2, 0.25) is 10.0 Å². The Hall–Kier alpha value is -0.870. The van der Waals surface area contributed by atoms with E-state index in [9.17, 15) is 8.42 Å². The molecule has 1 aromatic rings. The quantitative estimate of drug-likeness (QED) is 0.363. The summed E-state index contributed by atoms with van der Waals surface area (Å²) in [4.78, 5) is 4.94. The van der Waals surface area contributed by atoms with Crippen LogP contribution in [0.25, 0.3) is 0 Å². The van der Waals surface area contributed by atoms with Crippen molar-refractivity contribution in [3.8, 4) is 0 Å². The van der Waals surface area contributed by atoms with Crippen LogP contribution in [0.15, 0.2) is 34.2 Å². The van der Waals surface area contributed by atoms with E-state index in [4.69, 9.17) is 0 Å². The molecule has 0 aromatic heterocycles. The summed E-state index contributed by atoms with van der Waals surface area (Å²) in [6, 6.07) is 7.43. The number of hydrogen-bond acceptors (Lipinski definition) is 3. The third kappa shape index (κ3) is 6.70. The van der Waals surface area contributed by atoms with Gasteiger partial charge in [-0.1, -0.05) is 31.4 Å².